The molecule has 0 bridgehead atoms. The van der Waals surface area contributed by atoms with Gasteiger partial charge < -0.3 is 9.84 Å². The highest BCUT2D eigenvalue weighted by atomic mass is 35.5. The highest BCUT2D eigenvalue weighted by molar-refractivity contribution is 6.51. The minimum atomic E-state index is -0.864. The number of ether oxygens (including phenoxy) is 1. The number of ketones is 1. The molecule has 1 saturated heterocycles. The van der Waals surface area contributed by atoms with Crippen LogP contribution in [0.25, 0.3) is 5.76 Å². The molecule has 4 rings (SSSR count). The van der Waals surface area contributed by atoms with E-state index in [-0.39, 0.29) is 17.4 Å². The van der Waals surface area contributed by atoms with Crippen LogP contribution in [-0.2, 0) is 9.59 Å². The maximum Gasteiger partial charge on any atom is 0.300 e. The summed E-state index contributed by atoms with van der Waals surface area (Å²) in [7, 11) is 0. The molecule has 1 atom stereocenters. The van der Waals surface area contributed by atoms with Gasteiger partial charge in [-0.2, -0.15) is 0 Å². The lowest BCUT2D eigenvalue weighted by Gasteiger charge is -2.25. The molecule has 0 aliphatic carbocycles. The molecule has 1 fully saturated rings. The van der Waals surface area contributed by atoms with Gasteiger partial charge in [-0.1, -0.05) is 35.9 Å². The maximum absolute atomic E-state index is 13.1. The van der Waals surface area contributed by atoms with Gasteiger partial charge in [0.25, 0.3) is 11.7 Å². The normalized spacial score (nSPS) is 17.8. The molecule has 2 heterocycles. The summed E-state index contributed by atoms with van der Waals surface area (Å²) in [5, 5.41) is 11.6. The van der Waals surface area contributed by atoms with Crippen molar-refractivity contribution < 1.29 is 19.4 Å². The number of hydrogen-bond donors (Lipinski definition) is 1. The number of aliphatic hydroxyl groups excluding tert-OH is 1. The van der Waals surface area contributed by atoms with Crippen LogP contribution < -0.4 is 9.64 Å². The molecular formula is C25H21ClN2O4. The first-order valence-corrected chi connectivity index (χ1v) is 10.5. The summed E-state index contributed by atoms with van der Waals surface area (Å²) in [4.78, 5) is 31.7. The van der Waals surface area contributed by atoms with E-state index in [1.165, 1.54) is 4.90 Å². The second-order valence-corrected chi connectivity index (χ2v) is 8.07. The molecule has 1 aromatic heterocycles. The van der Waals surface area contributed by atoms with Gasteiger partial charge in [-0.25, -0.2) is 0 Å². The predicted octanol–water partition coefficient (Wildman–Crippen LogP) is 5.15. The van der Waals surface area contributed by atoms with E-state index >= 15 is 0 Å². The van der Waals surface area contributed by atoms with Crippen molar-refractivity contribution >= 4 is 34.7 Å². The Bertz CT molecular complexity index is 1210. The van der Waals surface area contributed by atoms with E-state index in [9.17, 15) is 14.7 Å². The van der Waals surface area contributed by atoms with Gasteiger partial charge in [0, 0.05) is 28.7 Å². The van der Waals surface area contributed by atoms with Crippen LogP contribution in [0.15, 0.2) is 78.6 Å². The fourth-order valence-corrected chi connectivity index (χ4v) is 3.91. The van der Waals surface area contributed by atoms with Gasteiger partial charge in [0.05, 0.1) is 17.7 Å². The first kappa shape index (κ1) is 21.6. The van der Waals surface area contributed by atoms with Gasteiger partial charge in [0.15, 0.2) is 0 Å². The highest BCUT2D eigenvalue weighted by Crippen LogP contribution is 2.42. The number of amides is 1. The Morgan fingerprint density at radius 1 is 1.09 bits per heavy atom. The van der Waals surface area contributed by atoms with Crippen LogP contribution in [0, 0.1) is 0 Å². The quantitative estimate of drug-likeness (QED) is 0.332. The van der Waals surface area contributed by atoms with Gasteiger partial charge in [-0.15, -0.1) is 0 Å². The zero-order valence-electron chi connectivity index (χ0n) is 17.5. The Hall–Kier alpha value is -3.64. The number of aromatic nitrogens is 1. The molecule has 6 nitrogen and oxygen atoms in total. The van der Waals surface area contributed by atoms with E-state index in [1.807, 2.05) is 13.8 Å². The number of anilines is 1. The van der Waals surface area contributed by atoms with E-state index in [0.29, 0.717) is 27.6 Å². The molecule has 7 heteroatoms. The number of Topliss-reactive ketones (excluding diaryl/α,β-unsaturated/α-hetero) is 1. The fourth-order valence-electron chi connectivity index (χ4n) is 3.72. The van der Waals surface area contributed by atoms with E-state index in [1.54, 1.807) is 73.1 Å². The molecule has 1 aliphatic rings. The molecule has 0 saturated carbocycles. The second kappa shape index (κ2) is 8.85. The fraction of sp³-hybridized carbons (Fsp3) is 0.160. The molecule has 32 heavy (non-hydrogen) atoms. The van der Waals surface area contributed by atoms with Gasteiger partial charge in [0.2, 0.25) is 0 Å². The van der Waals surface area contributed by atoms with Crippen LogP contribution >= 0.6 is 11.6 Å². The number of nitrogens with zero attached hydrogens (tertiary/aromatic N) is 2. The highest BCUT2D eigenvalue weighted by Gasteiger charge is 2.47. The summed E-state index contributed by atoms with van der Waals surface area (Å²) in [6.07, 6.45) is 3.11. The van der Waals surface area contributed by atoms with Crippen LogP contribution in [0.4, 0.5) is 5.69 Å². The van der Waals surface area contributed by atoms with Gasteiger partial charge in [0.1, 0.15) is 11.5 Å². The summed E-state index contributed by atoms with van der Waals surface area (Å²) in [6, 6.07) is 16.1. The van der Waals surface area contributed by atoms with Crippen LogP contribution in [-0.4, -0.2) is 27.9 Å². The predicted molar refractivity (Wildman–Crippen MR) is 123 cm³/mol. The number of aliphatic hydroxyl groups is 1. The van der Waals surface area contributed by atoms with Crippen molar-refractivity contribution in [3.05, 3.63) is 94.8 Å². The molecule has 2 aromatic carbocycles. The lowest BCUT2D eigenvalue weighted by Crippen LogP contribution is -2.29. The SMILES string of the molecule is CC(C)Oc1cccc(/C(O)=C2\C(=O)C(=O)N(c3cccc(Cl)c3)C2c2cccnc2)c1. The monoisotopic (exact) mass is 448 g/mol. The molecule has 1 N–H and O–H groups in total. The van der Waals surface area contributed by atoms with Gasteiger partial charge in [-0.3, -0.25) is 19.5 Å². The largest absolute Gasteiger partial charge is 0.507 e. The molecule has 1 amide bonds. The third-order valence-corrected chi connectivity index (χ3v) is 5.25. The summed E-state index contributed by atoms with van der Waals surface area (Å²) < 4.78 is 5.71. The number of pyridine rings is 1. The van der Waals surface area contributed by atoms with Gasteiger partial charge >= 0.3 is 0 Å². The molecular weight excluding hydrogens is 428 g/mol. The lowest BCUT2D eigenvalue weighted by atomic mass is 9.96. The summed E-state index contributed by atoms with van der Waals surface area (Å²) in [5.41, 5.74) is 1.39. The van der Waals surface area contributed by atoms with Crippen molar-refractivity contribution in [1.29, 1.82) is 0 Å². The Balaban J connectivity index is 1.90. The van der Waals surface area contributed by atoms with Crippen molar-refractivity contribution in [2.75, 3.05) is 4.90 Å². The Morgan fingerprint density at radius 3 is 2.56 bits per heavy atom. The number of benzene rings is 2. The van der Waals surface area contributed by atoms with Crippen molar-refractivity contribution in [3.63, 3.8) is 0 Å². The van der Waals surface area contributed by atoms with Crippen LogP contribution in [0.2, 0.25) is 5.02 Å². The summed E-state index contributed by atoms with van der Waals surface area (Å²) in [6.45, 7) is 3.79. The third-order valence-electron chi connectivity index (χ3n) is 5.01. The van der Waals surface area contributed by atoms with E-state index < -0.39 is 17.7 Å². The third kappa shape index (κ3) is 4.09. The molecule has 1 aliphatic heterocycles. The topological polar surface area (TPSA) is 79.7 Å². The average Bonchev–Trinajstić information content (AvgIpc) is 3.04. The van der Waals surface area contributed by atoms with Crippen molar-refractivity contribution in [3.8, 4) is 5.75 Å². The van der Waals surface area contributed by atoms with Crippen LogP contribution in [0.3, 0.4) is 0 Å². The second-order valence-electron chi connectivity index (χ2n) is 7.63. The Morgan fingerprint density at radius 2 is 1.88 bits per heavy atom. The Labute approximate surface area is 190 Å². The van der Waals surface area contributed by atoms with E-state index in [0.717, 1.165) is 0 Å². The number of halogens is 1. The molecule has 162 valence electrons. The minimum absolute atomic E-state index is 0.0235. The Kier molecular flexibility index (Phi) is 5.97. The number of carbonyl (C=O) groups is 2. The number of hydrogen-bond acceptors (Lipinski definition) is 5. The van der Waals surface area contributed by atoms with Gasteiger partial charge in [-0.05, 0) is 55.8 Å². The average molecular weight is 449 g/mol. The van der Waals surface area contributed by atoms with Crippen molar-refractivity contribution in [2.24, 2.45) is 0 Å². The van der Waals surface area contributed by atoms with E-state index in [2.05, 4.69) is 4.98 Å². The first-order chi connectivity index (χ1) is 15.4. The minimum Gasteiger partial charge on any atom is -0.507 e. The molecule has 3 aromatic rings. The number of carbonyl (C=O) groups excluding carboxylic acids is 2. The molecule has 0 radical (unpaired) electrons. The maximum atomic E-state index is 13.1. The smallest absolute Gasteiger partial charge is 0.300 e. The zero-order valence-corrected chi connectivity index (χ0v) is 18.3. The molecule has 1 unspecified atom stereocenters. The summed E-state index contributed by atoms with van der Waals surface area (Å²) >= 11 is 6.14. The van der Waals surface area contributed by atoms with Crippen LogP contribution in [0.5, 0.6) is 5.75 Å². The standard InChI is InChI=1S/C25H21ClN2O4/c1-15(2)32-20-10-3-6-16(12-20)23(29)21-22(17-7-5-11-27-14-17)28(25(31)24(21)30)19-9-4-8-18(26)13-19/h3-15,22,29H,1-2H3/b23-21+. The van der Waals surface area contributed by atoms with Crippen molar-refractivity contribution in [1.82, 2.24) is 4.98 Å². The van der Waals surface area contributed by atoms with Crippen LogP contribution in [0.1, 0.15) is 31.0 Å². The lowest BCUT2D eigenvalue weighted by molar-refractivity contribution is -0.132. The first-order valence-electron chi connectivity index (χ1n) is 10.1. The van der Waals surface area contributed by atoms with E-state index in [4.69, 9.17) is 16.3 Å². The molecule has 0 spiro atoms. The van der Waals surface area contributed by atoms with Crippen molar-refractivity contribution in [2.45, 2.75) is 26.0 Å². The number of rotatable bonds is 5. The zero-order chi connectivity index (χ0) is 22.8. The summed E-state index contributed by atoms with van der Waals surface area (Å²) in [5.74, 6) is -1.27.